The zero-order chi connectivity index (χ0) is 13.3. The first kappa shape index (κ1) is 12.4. The Labute approximate surface area is 107 Å². The van der Waals surface area contributed by atoms with Crippen molar-refractivity contribution in [3.8, 4) is 10.7 Å². The highest BCUT2D eigenvalue weighted by Crippen LogP contribution is 2.28. The van der Waals surface area contributed by atoms with Crippen molar-refractivity contribution in [2.75, 3.05) is 7.11 Å². The molecule has 0 N–H and O–H groups in total. The van der Waals surface area contributed by atoms with Gasteiger partial charge in [0.05, 0.1) is 25.3 Å². The molecule has 2 aromatic rings. The van der Waals surface area contributed by atoms with Crippen LogP contribution >= 0.6 is 11.3 Å². The van der Waals surface area contributed by atoms with Crippen LogP contribution < -0.4 is 0 Å². The van der Waals surface area contributed by atoms with Gasteiger partial charge >= 0.3 is 5.97 Å². The smallest absolute Gasteiger partial charge is 0.358 e. The van der Waals surface area contributed by atoms with E-state index >= 15 is 0 Å². The Bertz CT molecular complexity index is 615. The van der Waals surface area contributed by atoms with Gasteiger partial charge in [0, 0.05) is 14.0 Å². The molecular formula is C11H11N3O3S. The number of aromatic nitrogens is 3. The molecule has 0 radical (unpaired) electrons. The number of methoxy groups -OCH3 is 1. The van der Waals surface area contributed by atoms with E-state index in [-0.39, 0.29) is 11.5 Å². The number of ether oxygens (including phenoxy) is 1. The zero-order valence-corrected chi connectivity index (χ0v) is 10.9. The van der Waals surface area contributed by atoms with Gasteiger partial charge in [0.1, 0.15) is 9.88 Å². The third-order valence-corrected chi connectivity index (χ3v) is 3.54. The molecule has 7 heteroatoms. The van der Waals surface area contributed by atoms with Crippen molar-refractivity contribution in [1.82, 2.24) is 14.5 Å². The average molecular weight is 265 g/mol. The van der Waals surface area contributed by atoms with Crippen molar-refractivity contribution < 1.29 is 14.3 Å². The molecule has 2 aromatic heterocycles. The van der Waals surface area contributed by atoms with E-state index in [0.717, 1.165) is 17.0 Å². The van der Waals surface area contributed by atoms with E-state index in [4.69, 9.17) is 0 Å². The Morgan fingerprint density at radius 1 is 1.44 bits per heavy atom. The highest BCUT2D eigenvalue weighted by molar-refractivity contribution is 7.17. The van der Waals surface area contributed by atoms with E-state index in [0.29, 0.717) is 9.88 Å². The van der Waals surface area contributed by atoms with Crippen LogP contribution in [0.4, 0.5) is 0 Å². The minimum absolute atomic E-state index is 0.0613. The first-order valence-electron chi connectivity index (χ1n) is 5.11. The predicted octanol–water partition coefficient (Wildman–Crippen LogP) is 1.53. The standard InChI is InChI=1S/C11H11N3O3S/c1-6(15)9-8(11(16)17-3)13-10(18-9)7-4-12-5-14(7)2/h4-5H,1-3H3. The lowest BCUT2D eigenvalue weighted by Gasteiger charge is -1.96. The molecule has 94 valence electrons. The molecule has 0 saturated carbocycles. The minimum atomic E-state index is -0.607. The number of aryl methyl sites for hydroxylation is 1. The summed E-state index contributed by atoms with van der Waals surface area (Å²) in [6.45, 7) is 1.40. The second kappa shape index (κ2) is 4.69. The summed E-state index contributed by atoms with van der Waals surface area (Å²) in [6.07, 6.45) is 3.26. The monoisotopic (exact) mass is 265 g/mol. The van der Waals surface area contributed by atoms with Crippen molar-refractivity contribution in [2.45, 2.75) is 6.92 Å². The fourth-order valence-corrected chi connectivity index (χ4v) is 2.47. The van der Waals surface area contributed by atoms with Crippen molar-refractivity contribution in [3.05, 3.63) is 23.1 Å². The van der Waals surface area contributed by atoms with Gasteiger partial charge in [-0.25, -0.2) is 14.8 Å². The molecule has 0 atom stereocenters. The van der Waals surface area contributed by atoms with Crippen LogP contribution in [0.2, 0.25) is 0 Å². The molecular weight excluding hydrogens is 254 g/mol. The van der Waals surface area contributed by atoms with Crippen LogP contribution in [0.15, 0.2) is 12.5 Å². The van der Waals surface area contributed by atoms with Gasteiger partial charge in [-0.1, -0.05) is 0 Å². The maximum atomic E-state index is 11.6. The molecule has 0 aliphatic carbocycles. The molecule has 0 amide bonds. The first-order chi connectivity index (χ1) is 8.54. The number of rotatable bonds is 3. The van der Waals surface area contributed by atoms with Crippen LogP contribution in [-0.4, -0.2) is 33.4 Å². The van der Waals surface area contributed by atoms with Crippen LogP contribution in [0.25, 0.3) is 10.7 Å². The van der Waals surface area contributed by atoms with Crippen LogP contribution in [0.3, 0.4) is 0 Å². The minimum Gasteiger partial charge on any atom is -0.464 e. The number of carbonyl (C=O) groups is 2. The van der Waals surface area contributed by atoms with Crippen LogP contribution in [-0.2, 0) is 11.8 Å². The van der Waals surface area contributed by atoms with Crippen molar-refractivity contribution in [3.63, 3.8) is 0 Å². The summed E-state index contributed by atoms with van der Waals surface area (Å²) in [7, 11) is 3.07. The van der Waals surface area contributed by atoms with E-state index in [1.165, 1.54) is 14.0 Å². The van der Waals surface area contributed by atoms with Gasteiger partial charge in [-0.15, -0.1) is 11.3 Å². The summed E-state index contributed by atoms with van der Waals surface area (Å²) in [5.41, 5.74) is 0.809. The third kappa shape index (κ3) is 2.04. The molecule has 0 aromatic carbocycles. The fourth-order valence-electron chi connectivity index (χ4n) is 1.47. The number of hydrogen-bond donors (Lipinski definition) is 0. The Morgan fingerprint density at radius 3 is 2.67 bits per heavy atom. The Kier molecular flexibility index (Phi) is 3.24. The molecule has 2 heterocycles. The number of ketones is 1. The fraction of sp³-hybridized carbons (Fsp3) is 0.273. The van der Waals surface area contributed by atoms with E-state index < -0.39 is 5.97 Å². The zero-order valence-electron chi connectivity index (χ0n) is 10.1. The Morgan fingerprint density at radius 2 is 2.17 bits per heavy atom. The summed E-state index contributed by atoms with van der Waals surface area (Å²) in [6, 6.07) is 0. The van der Waals surface area contributed by atoms with Gasteiger partial charge in [0.15, 0.2) is 11.5 Å². The number of thiazole rings is 1. The number of esters is 1. The van der Waals surface area contributed by atoms with Gasteiger partial charge in [-0.2, -0.15) is 0 Å². The van der Waals surface area contributed by atoms with E-state index in [1.807, 2.05) is 7.05 Å². The molecule has 0 spiro atoms. The van der Waals surface area contributed by atoms with Gasteiger partial charge in [-0.05, 0) is 0 Å². The summed E-state index contributed by atoms with van der Waals surface area (Å²) in [5, 5.41) is 0.570. The van der Waals surface area contributed by atoms with Crippen molar-refractivity contribution in [2.24, 2.45) is 7.05 Å². The van der Waals surface area contributed by atoms with Gasteiger partial charge in [0.2, 0.25) is 0 Å². The highest BCUT2D eigenvalue weighted by atomic mass is 32.1. The van der Waals surface area contributed by atoms with Gasteiger partial charge < -0.3 is 9.30 Å². The summed E-state index contributed by atoms with van der Waals surface area (Å²) in [4.78, 5) is 31.5. The molecule has 0 saturated heterocycles. The molecule has 0 unspecified atom stereocenters. The third-order valence-electron chi connectivity index (χ3n) is 2.36. The molecule has 18 heavy (non-hydrogen) atoms. The molecule has 0 aliphatic rings. The Balaban J connectivity index is 2.56. The van der Waals surface area contributed by atoms with Crippen LogP contribution in [0.5, 0.6) is 0 Å². The second-order valence-electron chi connectivity index (χ2n) is 3.63. The summed E-state index contributed by atoms with van der Waals surface area (Å²) in [5.74, 6) is -0.814. The molecule has 6 nitrogen and oxygen atoms in total. The number of carbonyl (C=O) groups excluding carboxylic acids is 2. The SMILES string of the molecule is COC(=O)c1nc(-c2cncn2C)sc1C(C)=O. The summed E-state index contributed by atoms with van der Waals surface area (Å²) < 4.78 is 6.39. The summed E-state index contributed by atoms with van der Waals surface area (Å²) >= 11 is 1.16. The molecule has 0 fully saturated rings. The molecule has 0 aliphatic heterocycles. The number of Topliss-reactive ketones (excluding diaryl/α,β-unsaturated/α-hetero) is 1. The van der Waals surface area contributed by atoms with Crippen LogP contribution in [0, 0.1) is 0 Å². The Hall–Kier alpha value is -2.02. The second-order valence-corrected chi connectivity index (χ2v) is 4.63. The van der Waals surface area contributed by atoms with E-state index in [9.17, 15) is 9.59 Å². The lowest BCUT2D eigenvalue weighted by atomic mass is 10.3. The van der Waals surface area contributed by atoms with E-state index in [2.05, 4.69) is 14.7 Å². The van der Waals surface area contributed by atoms with Gasteiger partial charge in [0.25, 0.3) is 0 Å². The van der Waals surface area contributed by atoms with Crippen molar-refractivity contribution >= 4 is 23.1 Å². The van der Waals surface area contributed by atoms with Gasteiger partial charge in [-0.3, -0.25) is 4.79 Å². The normalized spacial score (nSPS) is 10.4. The quantitative estimate of drug-likeness (QED) is 0.621. The average Bonchev–Trinajstić information content (AvgIpc) is 2.93. The maximum absolute atomic E-state index is 11.6. The molecule has 2 rings (SSSR count). The highest BCUT2D eigenvalue weighted by Gasteiger charge is 2.23. The maximum Gasteiger partial charge on any atom is 0.358 e. The lowest BCUT2D eigenvalue weighted by molar-refractivity contribution is 0.0591. The largest absolute Gasteiger partial charge is 0.464 e. The number of imidazole rings is 1. The van der Waals surface area contributed by atoms with Crippen molar-refractivity contribution in [1.29, 1.82) is 0 Å². The number of hydrogen-bond acceptors (Lipinski definition) is 6. The lowest BCUT2D eigenvalue weighted by Crippen LogP contribution is -2.07. The predicted molar refractivity (Wildman–Crippen MR) is 65.7 cm³/mol. The topological polar surface area (TPSA) is 74.1 Å². The van der Waals surface area contributed by atoms with Crippen LogP contribution in [0.1, 0.15) is 27.1 Å². The first-order valence-corrected chi connectivity index (χ1v) is 5.93. The van der Waals surface area contributed by atoms with E-state index in [1.54, 1.807) is 17.1 Å². The number of nitrogens with zero attached hydrogens (tertiary/aromatic N) is 3. The molecule has 0 bridgehead atoms.